The van der Waals surface area contributed by atoms with Crippen LogP contribution >= 0.6 is 0 Å². The van der Waals surface area contributed by atoms with E-state index >= 15 is 0 Å². The van der Waals surface area contributed by atoms with Crippen molar-refractivity contribution in [1.82, 2.24) is 0 Å². The number of carboxylic acid groups (broad SMARTS) is 1. The number of carboxylic acids is 1. The van der Waals surface area contributed by atoms with Gasteiger partial charge in [0.2, 0.25) is 0 Å². The van der Waals surface area contributed by atoms with Crippen molar-refractivity contribution < 1.29 is 41.8 Å². The first kappa shape index (κ1) is 34.2. The summed E-state index contributed by atoms with van der Waals surface area (Å²) < 4.78 is 0. The number of aliphatic carboxylic acids is 1. The maximum atomic E-state index is 12.4. The van der Waals surface area contributed by atoms with Gasteiger partial charge in [0.25, 0.3) is 0 Å². The standard InChI is InChI=1S/C20H16O2.C10H15.2CH3O.Ti/c21-19(22)20(16-10-4-1-5-11-16,17-12-6-2-7-13-17)18-14-8-3-9-15-18;1-7-6-10(4,5)9(3)8(7)2;2*1-2;/h1-15H,(H,21,22);1-5H3;2*1H3;/q;3*-1;+3. The van der Waals surface area contributed by atoms with Crippen LogP contribution in [-0.4, -0.2) is 25.3 Å². The van der Waals surface area contributed by atoms with Crippen molar-refractivity contribution in [2.24, 2.45) is 5.41 Å². The summed E-state index contributed by atoms with van der Waals surface area (Å²) in [7, 11) is 1.50. The maximum Gasteiger partial charge on any atom is 3.00 e. The first-order valence-electron chi connectivity index (χ1n) is 11.7. The van der Waals surface area contributed by atoms with Crippen LogP contribution in [0.25, 0.3) is 0 Å². The molecule has 1 radical (unpaired) electrons. The molecule has 0 saturated carbocycles. The van der Waals surface area contributed by atoms with E-state index in [1.807, 2.05) is 91.0 Å². The summed E-state index contributed by atoms with van der Waals surface area (Å²) in [4.78, 5) is 12.4. The maximum absolute atomic E-state index is 12.4. The van der Waals surface area contributed by atoms with Gasteiger partial charge in [0, 0.05) is 0 Å². The van der Waals surface area contributed by atoms with Crippen molar-refractivity contribution in [2.45, 2.75) is 40.0 Å². The molecule has 0 spiro atoms. The second kappa shape index (κ2) is 16.2. The van der Waals surface area contributed by atoms with E-state index in [9.17, 15) is 9.90 Å². The van der Waals surface area contributed by atoms with Crippen LogP contribution in [0.1, 0.15) is 51.3 Å². The number of carbonyl (C=O) groups is 1. The Labute approximate surface area is 237 Å². The topological polar surface area (TPSA) is 83.4 Å². The number of rotatable bonds is 4. The van der Waals surface area contributed by atoms with Crippen LogP contribution in [0.4, 0.5) is 0 Å². The molecular weight excluding hydrogens is 496 g/mol. The Morgan fingerprint density at radius 1 is 0.703 bits per heavy atom. The Morgan fingerprint density at radius 3 is 1.16 bits per heavy atom. The van der Waals surface area contributed by atoms with Gasteiger partial charge >= 0.3 is 27.7 Å². The van der Waals surface area contributed by atoms with Gasteiger partial charge in [-0.2, -0.15) is 25.4 Å². The monoisotopic (exact) mass is 533 g/mol. The van der Waals surface area contributed by atoms with Gasteiger partial charge in [0.15, 0.2) is 0 Å². The van der Waals surface area contributed by atoms with Crippen molar-refractivity contribution in [3.63, 3.8) is 0 Å². The summed E-state index contributed by atoms with van der Waals surface area (Å²) in [5.74, 6) is -0.879. The SMILES string of the molecule is CC1=[C-]C(C)(C)C(C)=C1C.C[O-].C[O-].O=C(O)C(c1ccccc1)(c1ccccc1)c1ccccc1.[Ti+3]. The van der Waals surface area contributed by atoms with E-state index in [-0.39, 0.29) is 27.1 Å². The minimum absolute atomic E-state index is 0. The zero-order valence-electron chi connectivity index (χ0n) is 22.8. The van der Waals surface area contributed by atoms with Crippen LogP contribution in [0.2, 0.25) is 0 Å². The fraction of sp³-hybridized carbons (Fsp3) is 0.281. The Bertz CT molecular complexity index is 1040. The Balaban J connectivity index is 0.000000730. The third-order valence-electron chi connectivity index (χ3n) is 6.50. The molecule has 1 N–H and O–H groups in total. The van der Waals surface area contributed by atoms with Crippen molar-refractivity contribution >= 4 is 5.97 Å². The fourth-order valence-corrected chi connectivity index (χ4v) is 4.34. The first-order chi connectivity index (χ1) is 17.2. The second-order valence-electron chi connectivity index (χ2n) is 8.78. The van der Waals surface area contributed by atoms with Gasteiger partial charge in [0.05, 0.1) is 0 Å². The van der Waals surface area contributed by atoms with Crippen molar-refractivity contribution in [1.29, 1.82) is 0 Å². The van der Waals surface area contributed by atoms with Crippen LogP contribution in [0.5, 0.6) is 0 Å². The average Bonchev–Trinajstić information content (AvgIpc) is 3.10. The van der Waals surface area contributed by atoms with E-state index in [0.717, 1.165) is 30.9 Å². The van der Waals surface area contributed by atoms with Crippen molar-refractivity contribution in [3.05, 3.63) is 130 Å². The molecule has 193 valence electrons. The number of hydrogen-bond donors (Lipinski definition) is 1. The van der Waals surface area contributed by atoms with Gasteiger partial charge in [-0.1, -0.05) is 124 Å². The summed E-state index contributed by atoms with van der Waals surface area (Å²) in [6.07, 6.45) is 3.44. The molecular formula is C32H37O4Ti. The Hall–Kier alpha value is -2.76. The molecule has 1 aliphatic carbocycles. The van der Waals surface area contributed by atoms with Crippen LogP contribution in [0.3, 0.4) is 0 Å². The van der Waals surface area contributed by atoms with Gasteiger partial charge in [-0.05, 0) is 16.7 Å². The zero-order chi connectivity index (χ0) is 27.4. The predicted molar refractivity (Wildman–Crippen MR) is 143 cm³/mol. The van der Waals surface area contributed by atoms with E-state index in [0.29, 0.717) is 0 Å². The largest absolute Gasteiger partial charge is 3.00 e. The summed E-state index contributed by atoms with van der Waals surface area (Å²) in [6, 6.07) is 28.1. The van der Waals surface area contributed by atoms with Crippen LogP contribution < -0.4 is 10.2 Å². The molecule has 0 fully saturated rings. The van der Waals surface area contributed by atoms with E-state index in [2.05, 4.69) is 40.7 Å². The molecule has 37 heavy (non-hydrogen) atoms. The molecule has 3 aromatic carbocycles. The fourth-order valence-electron chi connectivity index (χ4n) is 4.34. The number of hydrogen-bond acceptors (Lipinski definition) is 3. The number of benzene rings is 3. The summed E-state index contributed by atoms with van der Waals surface area (Å²) in [5, 5.41) is 26.7. The molecule has 0 aliphatic heterocycles. The molecule has 0 aromatic heterocycles. The van der Waals surface area contributed by atoms with Crippen molar-refractivity contribution in [2.75, 3.05) is 14.2 Å². The molecule has 0 amide bonds. The predicted octanol–water partition coefficient (Wildman–Crippen LogP) is 5.17. The second-order valence-corrected chi connectivity index (χ2v) is 8.78. The van der Waals surface area contributed by atoms with Gasteiger partial charge in [-0.3, -0.25) is 10.9 Å². The molecule has 0 heterocycles. The summed E-state index contributed by atoms with van der Waals surface area (Å²) in [5.41, 5.74) is 5.44. The van der Waals surface area contributed by atoms with Gasteiger partial charge in [0.1, 0.15) is 5.41 Å². The molecule has 5 heteroatoms. The third kappa shape index (κ3) is 7.86. The van der Waals surface area contributed by atoms with Gasteiger partial charge in [-0.15, -0.1) is 6.92 Å². The Kier molecular flexibility index (Phi) is 15.0. The average molecular weight is 534 g/mol. The smallest absolute Gasteiger partial charge is 0.857 e. The molecule has 4 nitrogen and oxygen atoms in total. The first-order valence-corrected chi connectivity index (χ1v) is 11.7. The van der Waals surface area contributed by atoms with E-state index in [1.54, 1.807) is 0 Å². The molecule has 4 rings (SSSR count). The normalized spacial score (nSPS) is 13.3. The van der Waals surface area contributed by atoms with Crippen LogP contribution in [0, 0.1) is 11.5 Å². The summed E-state index contributed by atoms with van der Waals surface area (Å²) in [6.45, 7) is 10.9. The van der Waals surface area contributed by atoms with Crippen LogP contribution in [-0.2, 0) is 31.9 Å². The Morgan fingerprint density at radius 2 is 1.00 bits per heavy atom. The van der Waals surface area contributed by atoms with E-state index in [1.165, 1.54) is 16.7 Å². The molecule has 1 aliphatic rings. The zero-order valence-corrected chi connectivity index (χ0v) is 24.4. The molecule has 0 unspecified atom stereocenters. The van der Waals surface area contributed by atoms with Crippen LogP contribution in [0.15, 0.2) is 108 Å². The van der Waals surface area contributed by atoms with E-state index < -0.39 is 11.4 Å². The quantitative estimate of drug-likeness (QED) is 0.285. The van der Waals surface area contributed by atoms with Crippen molar-refractivity contribution in [3.8, 4) is 0 Å². The van der Waals surface area contributed by atoms with Gasteiger partial charge < -0.3 is 15.3 Å². The minimum Gasteiger partial charge on any atom is -0.857 e. The minimum atomic E-state index is -1.20. The summed E-state index contributed by atoms with van der Waals surface area (Å²) >= 11 is 0. The third-order valence-corrected chi connectivity index (χ3v) is 6.50. The molecule has 0 saturated heterocycles. The molecule has 0 atom stereocenters. The number of allylic oxidation sites excluding steroid dienone is 4. The molecule has 3 aromatic rings. The molecule has 0 bridgehead atoms. The van der Waals surface area contributed by atoms with Gasteiger partial charge in [-0.25, -0.2) is 5.57 Å². The van der Waals surface area contributed by atoms with E-state index in [4.69, 9.17) is 10.2 Å².